The van der Waals surface area contributed by atoms with Gasteiger partial charge in [0.15, 0.2) is 0 Å². The Bertz CT molecular complexity index is 449. The highest BCUT2D eigenvalue weighted by Crippen LogP contribution is 2.42. The summed E-state index contributed by atoms with van der Waals surface area (Å²) in [6.45, 7) is 0. The van der Waals surface area contributed by atoms with Crippen molar-refractivity contribution in [2.24, 2.45) is 0 Å². The number of amides is 2. The minimum atomic E-state index is -1.63. The molecule has 2 rings (SSSR count). The lowest BCUT2D eigenvalue weighted by Crippen LogP contribution is -2.52. The Hall–Kier alpha value is 1.71. The Kier molecular flexibility index (Phi) is 11.2. The summed E-state index contributed by atoms with van der Waals surface area (Å²) in [5.41, 5.74) is 0. The number of urea groups is 1. The van der Waals surface area contributed by atoms with Gasteiger partial charge in [0.25, 0.3) is 0 Å². The van der Waals surface area contributed by atoms with E-state index in [4.69, 9.17) is 69.6 Å². The van der Waals surface area contributed by atoms with Gasteiger partial charge in [-0.25, -0.2) is 4.79 Å². The minimum absolute atomic E-state index is 0.357. The maximum atomic E-state index is 12.6. The van der Waals surface area contributed by atoms with Gasteiger partial charge in [0.05, 0.1) is 0 Å². The Morgan fingerprint density at radius 3 is 1.29 bits per heavy atom. The van der Waals surface area contributed by atoms with Crippen molar-refractivity contribution in [2.45, 2.75) is 93.0 Å². The van der Waals surface area contributed by atoms with Crippen molar-refractivity contribution in [2.75, 3.05) is 0 Å². The molecule has 2 saturated carbocycles. The fraction of sp³-hybridized carbons (Fsp3) is 0.941. The topological polar surface area (TPSA) is 41.1 Å². The molecule has 2 N–H and O–H groups in total. The first-order valence-electron chi connectivity index (χ1n) is 9.57. The summed E-state index contributed by atoms with van der Waals surface area (Å²) in [7, 11) is 0. The summed E-state index contributed by atoms with van der Waals surface area (Å²) >= 11 is 39.8. The molecular weight excluding hydrogens is 525 g/mol. The van der Waals surface area contributed by atoms with E-state index in [0.717, 1.165) is 51.4 Å². The van der Waals surface area contributed by atoms with Crippen LogP contribution in [0.5, 0.6) is 0 Å². The van der Waals surface area contributed by atoms with Gasteiger partial charge in [-0.3, -0.25) is 0 Å². The summed E-state index contributed by atoms with van der Waals surface area (Å²) in [5, 5.41) is 4.89. The molecule has 2 amide bonds. The Morgan fingerprint density at radius 2 is 1.00 bits per heavy atom. The average Bonchev–Trinajstić information content (AvgIpc) is 2.61. The van der Waals surface area contributed by atoms with E-state index in [1.165, 1.54) is 36.4 Å². The molecule has 0 spiro atoms. The van der Waals surface area contributed by atoms with Gasteiger partial charge < -0.3 is 10.6 Å². The lowest BCUT2D eigenvalue weighted by atomic mass is 10.0. The van der Waals surface area contributed by atoms with E-state index in [9.17, 15) is 4.79 Å². The number of alkyl halides is 6. The average molecular weight is 551 g/mol. The number of carbonyl (C=O) groups excluding carboxylic acids is 1. The van der Waals surface area contributed by atoms with Crippen molar-refractivity contribution in [3.63, 3.8) is 0 Å². The lowest BCUT2D eigenvalue weighted by Gasteiger charge is -2.33. The van der Waals surface area contributed by atoms with E-state index in [1.807, 2.05) is 0 Å². The Morgan fingerprint density at radius 1 is 0.679 bits per heavy atom. The molecule has 164 valence electrons. The van der Waals surface area contributed by atoms with E-state index in [-0.39, 0.29) is 0 Å². The molecule has 2 aliphatic rings. The third-order valence-electron chi connectivity index (χ3n) is 4.88. The third-order valence-corrected chi connectivity index (χ3v) is 10.2. The van der Waals surface area contributed by atoms with Crippen LogP contribution in [0, 0.1) is 0 Å². The predicted octanol–water partition coefficient (Wildman–Crippen LogP) is 7.81. The summed E-state index contributed by atoms with van der Waals surface area (Å²) in [6, 6.07) is -0.501. The van der Waals surface area contributed by atoms with Crippen molar-refractivity contribution >= 4 is 99.2 Å². The van der Waals surface area contributed by atoms with Gasteiger partial charge in [0.1, 0.15) is 10.7 Å². The monoisotopic (exact) mass is 548 g/mol. The normalized spacial score (nSPS) is 22.5. The number of thioether (sulfide) groups is 2. The second-order valence-electron chi connectivity index (χ2n) is 7.25. The van der Waals surface area contributed by atoms with Crippen LogP contribution in [0.4, 0.5) is 4.79 Å². The molecule has 28 heavy (non-hydrogen) atoms. The van der Waals surface area contributed by atoms with Crippen molar-refractivity contribution in [1.29, 1.82) is 0 Å². The molecule has 3 nitrogen and oxygen atoms in total. The van der Waals surface area contributed by atoms with E-state index in [0.29, 0.717) is 10.5 Å². The second kappa shape index (κ2) is 12.1. The summed E-state index contributed by atoms with van der Waals surface area (Å²) in [5.74, 6) is 0. The molecule has 2 aliphatic carbocycles. The standard InChI is InChI=1S/C17H26Cl6N2OS2/c18-16(19,20)13(27-11-7-3-1-4-8-11)24-15(26)25-14(17(21,22)23)28-12-9-5-2-6-10-12/h11-14H,1-10H2,(H2,24,25,26)/t13-,14-/m1/s1. The van der Waals surface area contributed by atoms with Gasteiger partial charge in [-0.05, 0) is 25.7 Å². The SMILES string of the molecule is O=C(N[C@H](SC1CCCCC1)C(Cl)(Cl)Cl)N[C@H](SC1CCCCC1)C(Cl)(Cl)Cl. The van der Waals surface area contributed by atoms with Crippen LogP contribution >= 0.6 is 93.1 Å². The van der Waals surface area contributed by atoms with Crippen molar-refractivity contribution in [1.82, 2.24) is 10.6 Å². The zero-order valence-electron chi connectivity index (χ0n) is 15.4. The molecule has 0 bridgehead atoms. The van der Waals surface area contributed by atoms with Crippen LogP contribution in [-0.2, 0) is 0 Å². The number of nitrogens with one attached hydrogen (secondary N) is 2. The van der Waals surface area contributed by atoms with Crippen molar-refractivity contribution in [3.8, 4) is 0 Å². The molecule has 0 radical (unpaired) electrons. The maximum absolute atomic E-state index is 12.6. The van der Waals surface area contributed by atoms with E-state index < -0.39 is 24.4 Å². The van der Waals surface area contributed by atoms with Gasteiger partial charge >= 0.3 is 6.03 Å². The number of hydrogen-bond acceptors (Lipinski definition) is 3. The summed E-state index contributed by atoms with van der Waals surface area (Å²) in [6.07, 6.45) is 11.3. The Balaban J connectivity index is 1.95. The predicted molar refractivity (Wildman–Crippen MR) is 129 cm³/mol. The van der Waals surface area contributed by atoms with Gasteiger partial charge in [-0.2, -0.15) is 0 Å². The summed E-state index contributed by atoms with van der Waals surface area (Å²) in [4.78, 5) is 12.6. The molecule has 0 saturated heterocycles. The zero-order chi connectivity index (χ0) is 20.8. The van der Waals surface area contributed by atoms with Crippen LogP contribution in [0.1, 0.15) is 64.2 Å². The molecule has 0 aromatic rings. The second-order valence-corrected chi connectivity index (χ2v) is 14.8. The van der Waals surface area contributed by atoms with Crippen LogP contribution < -0.4 is 10.6 Å². The molecule has 2 atom stereocenters. The lowest BCUT2D eigenvalue weighted by molar-refractivity contribution is 0.239. The molecule has 0 aliphatic heterocycles. The van der Waals surface area contributed by atoms with Gasteiger partial charge in [0.2, 0.25) is 7.59 Å². The van der Waals surface area contributed by atoms with Crippen molar-refractivity contribution < 1.29 is 4.79 Å². The summed E-state index contributed by atoms with van der Waals surface area (Å²) < 4.78 is -3.27. The molecule has 0 unspecified atom stereocenters. The van der Waals surface area contributed by atoms with E-state index in [1.54, 1.807) is 0 Å². The molecule has 0 aromatic heterocycles. The third kappa shape index (κ3) is 9.46. The van der Waals surface area contributed by atoms with Crippen LogP contribution in [0.2, 0.25) is 0 Å². The molecule has 2 fully saturated rings. The largest absolute Gasteiger partial charge is 0.322 e. The number of rotatable bonds is 6. The number of hydrogen-bond donors (Lipinski definition) is 2. The first-order chi connectivity index (χ1) is 13.1. The van der Waals surface area contributed by atoms with Crippen LogP contribution in [0.3, 0.4) is 0 Å². The van der Waals surface area contributed by atoms with E-state index in [2.05, 4.69) is 10.6 Å². The van der Waals surface area contributed by atoms with Crippen LogP contribution in [0.15, 0.2) is 0 Å². The smallest absolute Gasteiger partial charge is 0.316 e. The molecule has 0 heterocycles. The van der Waals surface area contributed by atoms with E-state index >= 15 is 0 Å². The first kappa shape index (κ1) is 26.0. The van der Waals surface area contributed by atoms with Gasteiger partial charge in [-0.15, -0.1) is 23.5 Å². The van der Waals surface area contributed by atoms with Gasteiger partial charge in [-0.1, -0.05) is 108 Å². The number of halogens is 6. The maximum Gasteiger partial charge on any atom is 0.316 e. The fourth-order valence-corrected chi connectivity index (χ4v) is 7.35. The molecule has 11 heteroatoms. The molecule has 0 aromatic carbocycles. The molecular formula is C17H26Cl6N2OS2. The highest BCUT2D eigenvalue weighted by molar-refractivity contribution is 8.01. The van der Waals surface area contributed by atoms with Gasteiger partial charge in [0, 0.05) is 10.5 Å². The zero-order valence-corrected chi connectivity index (χ0v) is 21.5. The number of carbonyl (C=O) groups is 1. The highest BCUT2D eigenvalue weighted by atomic mass is 35.6. The first-order valence-corrected chi connectivity index (χ1v) is 13.7. The highest BCUT2D eigenvalue weighted by Gasteiger charge is 2.40. The van der Waals surface area contributed by atoms with Crippen molar-refractivity contribution in [3.05, 3.63) is 0 Å². The quantitative estimate of drug-likeness (QED) is 0.262. The van der Waals surface area contributed by atoms with Crippen LogP contribution in [0.25, 0.3) is 0 Å². The van der Waals surface area contributed by atoms with Crippen LogP contribution in [-0.4, -0.2) is 34.9 Å². The minimum Gasteiger partial charge on any atom is -0.322 e. The Labute approximate surface area is 206 Å². The fourth-order valence-electron chi connectivity index (χ4n) is 3.45.